The average Bonchev–Trinajstić information content (AvgIpc) is 2.32. The Labute approximate surface area is 102 Å². The summed E-state index contributed by atoms with van der Waals surface area (Å²) >= 11 is 0. The molecule has 4 heteroatoms. The lowest BCUT2D eigenvalue weighted by Gasteiger charge is -2.44. The van der Waals surface area contributed by atoms with Gasteiger partial charge in [0.15, 0.2) is 0 Å². The van der Waals surface area contributed by atoms with Crippen LogP contribution < -0.4 is 15.0 Å². The van der Waals surface area contributed by atoms with E-state index < -0.39 is 0 Å². The third-order valence-electron chi connectivity index (χ3n) is 3.13. The molecule has 1 saturated heterocycles. The first-order valence-corrected chi connectivity index (χ1v) is 5.72. The topological polar surface area (TPSA) is 41.6 Å². The number of carbonyl (C=O) groups is 1. The van der Waals surface area contributed by atoms with Crippen molar-refractivity contribution in [2.45, 2.75) is 19.4 Å². The lowest BCUT2D eigenvalue weighted by Crippen LogP contribution is -2.60. The van der Waals surface area contributed by atoms with E-state index in [1.54, 1.807) is 7.11 Å². The van der Waals surface area contributed by atoms with E-state index in [1.807, 2.05) is 24.3 Å². The Morgan fingerprint density at radius 3 is 2.76 bits per heavy atom. The maximum absolute atomic E-state index is 11.5. The standard InChI is InChI=1S/C13H18N2O2/c1-13(2)9-14-12(16)8-15(13)10-6-4-5-7-11(10)17-3/h4-7H,8-9H2,1-3H3,(H,14,16). The van der Waals surface area contributed by atoms with Gasteiger partial charge in [-0.25, -0.2) is 0 Å². The second-order valence-electron chi connectivity index (χ2n) is 4.85. The van der Waals surface area contributed by atoms with Crippen LogP contribution in [0.2, 0.25) is 0 Å². The maximum atomic E-state index is 11.5. The van der Waals surface area contributed by atoms with Gasteiger partial charge in [0.1, 0.15) is 5.75 Å². The first kappa shape index (κ1) is 11.8. The van der Waals surface area contributed by atoms with Crippen molar-refractivity contribution in [3.05, 3.63) is 24.3 Å². The SMILES string of the molecule is COc1ccccc1N1CC(=O)NCC1(C)C. The largest absolute Gasteiger partial charge is 0.495 e. The minimum absolute atomic E-state index is 0.0511. The van der Waals surface area contributed by atoms with Crippen molar-refractivity contribution in [3.63, 3.8) is 0 Å². The van der Waals surface area contributed by atoms with Gasteiger partial charge < -0.3 is 15.0 Å². The Balaban J connectivity index is 2.39. The zero-order valence-electron chi connectivity index (χ0n) is 10.5. The highest BCUT2D eigenvalue weighted by atomic mass is 16.5. The molecule has 1 N–H and O–H groups in total. The number of nitrogens with zero attached hydrogens (tertiary/aromatic N) is 1. The van der Waals surface area contributed by atoms with E-state index in [2.05, 4.69) is 24.1 Å². The molecule has 0 radical (unpaired) electrons. The lowest BCUT2D eigenvalue weighted by atomic mass is 9.98. The predicted octanol–water partition coefficient (Wildman–Crippen LogP) is 1.41. The van der Waals surface area contributed by atoms with Crippen LogP contribution in [0.25, 0.3) is 0 Å². The van der Waals surface area contributed by atoms with Gasteiger partial charge in [0.05, 0.1) is 24.9 Å². The number of methoxy groups -OCH3 is 1. The molecule has 1 heterocycles. The molecule has 1 aromatic rings. The smallest absolute Gasteiger partial charge is 0.239 e. The Bertz CT molecular complexity index is 429. The molecule has 0 atom stereocenters. The third kappa shape index (κ3) is 2.20. The number of hydrogen-bond acceptors (Lipinski definition) is 3. The molecule has 0 saturated carbocycles. The molecule has 2 rings (SSSR count). The summed E-state index contributed by atoms with van der Waals surface area (Å²) in [5.41, 5.74) is 0.859. The van der Waals surface area contributed by atoms with E-state index in [9.17, 15) is 4.79 Å². The van der Waals surface area contributed by atoms with Gasteiger partial charge >= 0.3 is 0 Å². The fraction of sp³-hybridized carbons (Fsp3) is 0.462. The lowest BCUT2D eigenvalue weighted by molar-refractivity contribution is -0.121. The van der Waals surface area contributed by atoms with Crippen LogP contribution in [0.5, 0.6) is 5.75 Å². The molecule has 0 aliphatic carbocycles. The molecule has 0 bridgehead atoms. The van der Waals surface area contributed by atoms with Crippen molar-refractivity contribution >= 4 is 11.6 Å². The number of amides is 1. The molecular formula is C13H18N2O2. The second-order valence-corrected chi connectivity index (χ2v) is 4.85. The monoisotopic (exact) mass is 234 g/mol. The van der Waals surface area contributed by atoms with Gasteiger partial charge in [0.25, 0.3) is 0 Å². The molecule has 1 amide bonds. The number of para-hydroxylation sites is 2. The number of anilines is 1. The van der Waals surface area contributed by atoms with E-state index in [4.69, 9.17) is 4.74 Å². The van der Waals surface area contributed by atoms with Crippen molar-refractivity contribution in [1.82, 2.24) is 5.32 Å². The summed E-state index contributed by atoms with van der Waals surface area (Å²) in [5.74, 6) is 0.852. The fourth-order valence-electron chi connectivity index (χ4n) is 2.09. The Morgan fingerprint density at radius 1 is 1.35 bits per heavy atom. The van der Waals surface area contributed by atoms with Gasteiger partial charge in [-0.1, -0.05) is 12.1 Å². The van der Waals surface area contributed by atoms with Crippen LogP contribution in [0, 0.1) is 0 Å². The number of ether oxygens (including phenoxy) is 1. The summed E-state index contributed by atoms with van der Waals surface area (Å²) in [6.07, 6.45) is 0. The van der Waals surface area contributed by atoms with E-state index >= 15 is 0 Å². The molecule has 0 aromatic heterocycles. The zero-order chi connectivity index (χ0) is 12.5. The van der Waals surface area contributed by atoms with Crippen molar-refractivity contribution < 1.29 is 9.53 Å². The molecule has 0 unspecified atom stereocenters. The zero-order valence-corrected chi connectivity index (χ0v) is 10.5. The molecule has 17 heavy (non-hydrogen) atoms. The van der Waals surface area contributed by atoms with Crippen LogP contribution in [0.1, 0.15) is 13.8 Å². The number of hydrogen-bond donors (Lipinski definition) is 1. The van der Waals surface area contributed by atoms with Crippen molar-refractivity contribution in [1.29, 1.82) is 0 Å². The third-order valence-corrected chi connectivity index (χ3v) is 3.13. The van der Waals surface area contributed by atoms with Crippen LogP contribution in [-0.4, -0.2) is 31.6 Å². The van der Waals surface area contributed by atoms with Gasteiger partial charge in [-0.2, -0.15) is 0 Å². The van der Waals surface area contributed by atoms with E-state index in [-0.39, 0.29) is 11.4 Å². The average molecular weight is 234 g/mol. The highest BCUT2D eigenvalue weighted by Gasteiger charge is 2.34. The van der Waals surface area contributed by atoms with Crippen molar-refractivity contribution in [2.24, 2.45) is 0 Å². The molecule has 92 valence electrons. The molecule has 0 spiro atoms. The van der Waals surface area contributed by atoms with Crippen molar-refractivity contribution in [2.75, 3.05) is 25.1 Å². The van der Waals surface area contributed by atoms with Crippen LogP contribution in [-0.2, 0) is 4.79 Å². The van der Waals surface area contributed by atoms with Crippen LogP contribution >= 0.6 is 0 Å². The Hall–Kier alpha value is -1.71. The minimum atomic E-state index is -0.109. The Kier molecular flexibility index (Phi) is 2.96. The first-order valence-electron chi connectivity index (χ1n) is 5.72. The van der Waals surface area contributed by atoms with Gasteiger partial charge in [0.2, 0.25) is 5.91 Å². The number of benzene rings is 1. The summed E-state index contributed by atoms with van der Waals surface area (Å²) in [7, 11) is 1.65. The van der Waals surface area contributed by atoms with Crippen LogP contribution in [0.4, 0.5) is 5.69 Å². The van der Waals surface area contributed by atoms with Gasteiger partial charge in [-0.05, 0) is 26.0 Å². The van der Waals surface area contributed by atoms with E-state index in [0.717, 1.165) is 11.4 Å². The maximum Gasteiger partial charge on any atom is 0.239 e. The number of rotatable bonds is 2. The molecule has 4 nitrogen and oxygen atoms in total. The van der Waals surface area contributed by atoms with Gasteiger partial charge in [-0.15, -0.1) is 0 Å². The molecule has 1 aliphatic heterocycles. The first-order chi connectivity index (χ1) is 8.04. The quantitative estimate of drug-likeness (QED) is 0.841. The Morgan fingerprint density at radius 2 is 2.06 bits per heavy atom. The normalized spacial score (nSPS) is 18.8. The highest BCUT2D eigenvalue weighted by molar-refractivity contribution is 5.84. The van der Waals surface area contributed by atoms with Crippen LogP contribution in [0.3, 0.4) is 0 Å². The summed E-state index contributed by atoms with van der Waals surface area (Å²) in [5, 5.41) is 2.89. The molecule has 1 aromatic carbocycles. The summed E-state index contributed by atoms with van der Waals surface area (Å²) in [6, 6.07) is 7.79. The van der Waals surface area contributed by atoms with E-state index in [1.165, 1.54) is 0 Å². The fourth-order valence-corrected chi connectivity index (χ4v) is 2.09. The van der Waals surface area contributed by atoms with E-state index in [0.29, 0.717) is 13.1 Å². The van der Waals surface area contributed by atoms with Gasteiger partial charge in [0, 0.05) is 6.54 Å². The summed E-state index contributed by atoms with van der Waals surface area (Å²) in [6.45, 7) is 5.23. The van der Waals surface area contributed by atoms with Crippen molar-refractivity contribution in [3.8, 4) is 5.75 Å². The predicted molar refractivity (Wildman–Crippen MR) is 67.4 cm³/mol. The number of nitrogens with one attached hydrogen (secondary N) is 1. The number of piperazine rings is 1. The molecular weight excluding hydrogens is 216 g/mol. The highest BCUT2D eigenvalue weighted by Crippen LogP contribution is 2.33. The summed E-state index contributed by atoms with van der Waals surface area (Å²) < 4.78 is 5.35. The molecule has 1 aliphatic rings. The number of carbonyl (C=O) groups excluding carboxylic acids is 1. The second kappa shape index (κ2) is 4.28. The summed E-state index contributed by atoms with van der Waals surface area (Å²) in [4.78, 5) is 13.6. The minimum Gasteiger partial charge on any atom is -0.495 e. The van der Waals surface area contributed by atoms with Gasteiger partial charge in [-0.3, -0.25) is 4.79 Å². The van der Waals surface area contributed by atoms with Crippen LogP contribution in [0.15, 0.2) is 24.3 Å². The molecule has 1 fully saturated rings.